The first kappa shape index (κ1) is 13.1. The van der Waals surface area contributed by atoms with Gasteiger partial charge in [-0.25, -0.2) is 9.52 Å². The van der Waals surface area contributed by atoms with E-state index in [-0.39, 0.29) is 11.4 Å². The van der Waals surface area contributed by atoms with Crippen LogP contribution in [-0.2, 0) is 14.9 Å². The molecule has 0 aliphatic rings. The lowest BCUT2D eigenvalue weighted by atomic mass is 10.2. The van der Waals surface area contributed by atoms with Gasteiger partial charge in [0.05, 0.1) is 12.8 Å². The lowest BCUT2D eigenvalue weighted by Crippen LogP contribution is -2.35. The van der Waals surface area contributed by atoms with Crippen molar-refractivity contribution in [1.82, 2.24) is 4.72 Å². The zero-order valence-electron chi connectivity index (χ0n) is 9.22. The number of phenolic OH excluding ortho intramolecular Hbond substituents is 1. The molecule has 94 valence electrons. The van der Waals surface area contributed by atoms with E-state index in [0.29, 0.717) is 0 Å². The van der Waals surface area contributed by atoms with Crippen LogP contribution >= 0.6 is 0 Å². The summed E-state index contributed by atoms with van der Waals surface area (Å²) in [4.78, 5) is 10.8. The van der Waals surface area contributed by atoms with Crippen molar-refractivity contribution in [1.29, 1.82) is 0 Å². The molecule has 17 heavy (non-hydrogen) atoms. The molecule has 0 radical (unpaired) electrons. The van der Waals surface area contributed by atoms with Gasteiger partial charge < -0.3 is 9.84 Å². The number of rotatable bonds is 3. The van der Waals surface area contributed by atoms with Gasteiger partial charge >= 0.3 is 16.3 Å². The summed E-state index contributed by atoms with van der Waals surface area (Å²) in [5, 5.41) is 9.42. The number of phenols is 1. The van der Waals surface area contributed by atoms with Gasteiger partial charge in [-0.1, -0.05) is 6.07 Å². The highest BCUT2D eigenvalue weighted by molar-refractivity contribution is 7.91. The van der Waals surface area contributed by atoms with Crippen LogP contribution in [0.15, 0.2) is 18.2 Å². The van der Waals surface area contributed by atoms with Crippen LogP contribution in [0.25, 0.3) is 0 Å². The van der Waals surface area contributed by atoms with Crippen molar-refractivity contribution in [3.63, 3.8) is 0 Å². The van der Waals surface area contributed by atoms with Gasteiger partial charge in [-0.2, -0.15) is 8.42 Å². The molecule has 0 fully saturated rings. The molecule has 1 aromatic rings. The topological polar surface area (TPSA) is 105 Å². The van der Waals surface area contributed by atoms with Crippen LogP contribution in [0.3, 0.4) is 0 Å². The minimum Gasteiger partial charge on any atom is -0.506 e. The van der Waals surface area contributed by atoms with Crippen molar-refractivity contribution in [3.8, 4) is 5.75 Å². The number of nitrogens with one attached hydrogen (secondary N) is 2. The summed E-state index contributed by atoms with van der Waals surface area (Å²) in [7, 11) is -3.08. The lowest BCUT2D eigenvalue weighted by molar-refractivity contribution is 0.177. The smallest absolute Gasteiger partial charge is 0.422 e. The summed E-state index contributed by atoms with van der Waals surface area (Å²) >= 11 is 0. The van der Waals surface area contributed by atoms with Gasteiger partial charge in [0.2, 0.25) is 0 Å². The minimum absolute atomic E-state index is 0.0265. The van der Waals surface area contributed by atoms with Crippen molar-refractivity contribution in [2.24, 2.45) is 0 Å². The third-order valence-corrected chi connectivity index (χ3v) is 2.72. The molecule has 3 N–H and O–H groups in total. The van der Waals surface area contributed by atoms with E-state index in [1.54, 1.807) is 17.7 Å². The molecule has 0 spiro atoms. The number of anilines is 1. The maximum Gasteiger partial charge on any atom is 0.422 e. The monoisotopic (exact) mass is 260 g/mol. The minimum atomic E-state index is -4.12. The lowest BCUT2D eigenvalue weighted by Gasteiger charge is -2.10. The Morgan fingerprint density at radius 1 is 1.41 bits per heavy atom. The quantitative estimate of drug-likeness (QED) is 0.694. The third kappa shape index (κ3) is 3.83. The number of carbonyl (C=O) groups is 1. The van der Waals surface area contributed by atoms with E-state index in [4.69, 9.17) is 0 Å². The Morgan fingerprint density at radius 3 is 2.65 bits per heavy atom. The van der Waals surface area contributed by atoms with Crippen LogP contribution in [0.2, 0.25) is 0 Å². The Hall–Kier alpha value is -1.96. The van der Waals surface area contributed by atoms with Crippen molar-refractivity contribution in [2.75, 3.05) is 11.8 Å². The fraction of sp³-hybridized carbons (Fsp3) is 0.222. The fourth-order valence-corrected chi connectivity index (χ4v) is 1.86. The maximum absolute atomic E-state index is 11.4. The number of amides is 1. The van der Waals surface area contributed by atoms with Crippen LogP contribution in [-0.4, -0.2) is 26.7 Å². The van der Waals surface area contributed by atoms with Crippen LogP contribution in [0.1, 0.15) is 5.56 Å². The van der Waals surface area contributed by atoms with Crippen molar-refractivity contribution in [2.45, 2.75) is 6.92 Å². The van der Waals surface area contributed by atoms with Crippen LogP contribution < -0.4 is 9.44 Å². The van der Waals surface area contributed by atoms with E-state index in [1.807, 2.05) is 4.72 Å². The second kappa shape index (κ2) is 4.91. The second-order valence-corrected chi connectivity index (χ2v) is 4.63. The summed E-state index contributed by atoms with van der Waals surface area (Å²) in [6.45, 7) is 1.73. The zero-order chi connectivity index (χ0) is 13.1. The summed E-state index contributed by atoms with van der Waals surface area (Å²) < 4.78 is 30.5. The maximum atomic E-state index is 11.4. The molecule has 0 saturated carbocycles. The number of ether oxygens (including phenoxy) is 1. The highest BCUT2D eigenvalue weighted by atomic mass is 32.2. The molecule has 0 heterocycles. The Balaban J connectivity index is 2.90. The SMILES string of the molecule is COC(=O)NS(=O)(=O)Nc1cc(C)ccc1O. The highest BCUT2D eigenvalue weighted by Gasteiger charge is 2.16. The summed E-state index contributed by atoms with van der Waals surface area (Å²) in [5.41, 5.74) is 0.722. The molecule has 0 aliphatic heterocycles. The average molecular weight is 260 g/mol. The normalized spacial score (nSPS) is 10.7. The van der Waals surface area contributed by atoms with Gasteiger partial charge in [0.1, 0.15) is 5.75 Å². The highest BCUT2D eigenvalue weighted by Crippen LogP contribution is 2.24. The molecule has 1 aromatic carbocycles. The molecule has 0 bridgehead atoms. The first-order valence-electron chi connectivity index (χ1n) is 4.52. The second-order valence-electron chi connectivity index (χ2n) is 3.22. The average Bonchev–Trinajstić information content (AvgIpc) is 2.22. The van der Waals surface area contributed by atoms with Crippen molar-refractivity contribution in [3.05, 3.63) is 23.8 Å². The van der Waals surface area contributed by atoms with Gasteiger partial charge in [-0.3, -0.25) is 4.72 Å². The van der Waals surface area contributed by atoms with E-state index in [1.165, 1.54) is 12.1 Å². The third-order valence-electron chi connectivity index (χ3n) is 1.80. The van der Waals surface area contributed by atoms with Crippen LogP contribution in [0.5, 0.6) is 5.75 Å². The number of aryl methyl sites for hydroxylation is 1. The number of methoxy groups -OCH3 is 1. The van der Waals surface area contributed by atoms with E-state index in [9.17, 15) is 18.3 Å². The number of benzene rings is 1. The molecular weight excluding hydrogens is 248 g/mol. The van der Waals surface area contributed by atoms with Gasteiger partial charge in [-0.05, 0) is 24.6 Å². The van der Waals surface area contributed by atoms with Crippen LogP contribution in [0.4, 0.5) is 10.5 Å². The van der Waals surface area contributed by atoms with Gasteiger partial charge in [0.15, 0.2) is 0 Å². The molecule has 7 nitrogen and oxygen atoms in total. The van der Waals surface area contributed by atoms with E-state index in [2.05, 4.69) is 4.74 Å². The summed E-state index contributed by atoms with van der Waals surface area (Å²) in [6.07, 6.45) is -1.12. The largest absolute Gasteiger partial charge is 0.506 e. The Labute approximate surface area is 98.6 Å². The van der Waals surface area contributed by atoms with E-state index < -0.39 is 16.3 Å². The first-order valence-corrected chi connectivity index (χ1v) is 6.00. The Bertz CT molecular complexity index is 526. The molecule has 1 rings (SSSR count). The van der Waals surface area contributed by atoms with Crippen molar-refractivity contribution >= 4 is 22.0 Å². The van der Waals surface area contributed by atoms with E-state index >= 15 is 0 Å². The first-order chi connectivity index (χ1) is 7.84. The molecule has 0 saturated heterocycles. The zero-order valence-corrected chi connectivity index (χ0v) is 10.0. The number of hydrogen-bond donors (Lipinski definition) is 3. The number of aromatic hydroxyl groups is 1. The molecule has 0 aromatic heterocycles. The van der Waals surface area contributed by atoms with Gasteiger partial charge in [0.25, 0.3) is 0 Å². The number of hydrogen-bond acceptors (Lipinski definition) is 5. The van der Waals surface area contributed by atoms with Gasteiger partial charge in [-0.15, -0.1) is 0 Å². The Morgan fingerprint density at radius 2 is 2.06 bits per heavy atom. The molecule has 8 heteroatoms. The summed E-state index contributed by atoms with van der Waals surface area (Å²) in [6, 6.07) is 4.37. The fourth-order valence-electron chi connectivity index (χ4n) is 1.05. The summed E-state index contributed by atoms with van der Waals surface area (Å²) in [5.74, 6) is -0.245. The Kier molecular flexibility index (Phi) is 3.79. The molecular formula is C9H12N2O5S. The van der Waals surface area contributed by atoms with E-state index in [0.717, 1.165) is 12.7 Å². The molecule has 0 aliphatic carbocycles. The molecule has 0 unspecified atom stereocenters. The van der Waals surface area contributed by atoms with Crippen LogP contribution in [0, 0.1) is 6.92 Å². The number of carbonyl (C=O) groups excluding carboxylic acids is 1. The van der Waals surface area contributed by atoms with Gasteiger partial charge in [0, 0.05) is 0 Å². The molecule has 1 amide bonds. The standard InChI is InChI=1S/C9H12N2O5S/c1-6-3-4-8(12)7(5-6)10-17(14,15)11-9(13)16-2/h3-5,10,12H,1-2H3,(H,11,13). The molecule has 0 atom stereocenters. The predicted octanol–water partition coefficient (Wildman–Crippen LogP) is 0.713. The predicted molar refractivity (Wildman–Crippen MR) is 60.9 cm³/mol. The van der Waals surface area contributed by atoms with Crippen molar-refractivity contribution < 1.29 is 23.1 Å².